The quantitative estimate of drug-likeness (QED) is 0.811. The molecule has 0 saturated heterocycles. The highest BCUT2D eigenvalue weighted by Crippen LogP contribution is 2.33. The second-order valence-electron chi connectivity index (χ2n) is 6.60. The lowest BCUT2D eigenvalue weighted by Gasteiger charge is -2.27. The van der Waals surface area contributed by atoms with Crippen LogP contribution < -0.4 is 9.80 Å². The number of carbonyl (C=O) groups is 2. The van der Waals surface area contributed by atoms with Crippen molar-refractivity contribution in [2.75, 3.05) is 16.3 Å². The molecule has 1 aliphatic rings. The fourth-order valence-electron chi connectivity index (χ4n) is 3.39. The fourth-order valence-corrected chi connectivity index (χ4v) is 3.39. The highest BCUT2D eigenvalue weighted by molar-refractivity contribution is 6.04. The number of para-hydroxylation sites is 1. The van der Waals surface area contributed by atoms with E-state index in [2.05, 4.69) is 0 Å². The number of alkyl halides is 3. The molecular weight excluding hydrogens is 357 g/mol. The van der Waals surface area contributed by atoms with Crippen LogP contribution >= 0.6 is 0 Å². The molecule has 0 aromatic heterocycles. The Kier molecular flexibility index (Phi) is 4.95. The van der Waals surface area contributed by atoms with Gasteiger partial charge in [0.2, 0.25) is 11.8 Å². The second-order valence-corrected chi connectivity index (χ2v) is 6.60. The molecule has 2 aromatic rings. The number of anilines is 2. The van der Waals surface area contributed by atoms with Crippen LogP contribution in [0.3, 0.4) is 0 Å². The van der Waals surface area contributed by atoms with E-state index in [1.807, 2.05) is 31.2 Å². The van der Waals surface area contributed by atoms with E-state index in [0.717, 1.165) is 28.3 Å². The van der Waals surface area contributed by atoms with Crippen LogP contribution in [0.1, 0.15) is 25.0 Å². The van der Waals surface area contributed by atoms with Gasteiger partial charge in [-0.05, 0) is 43.2 Å². The third kappa shape index (κ3) is 3.82. The standard InChI is InChI=1S/C20H19F3N2O2/c1-13-10-15-6-3-4-9-18(15)25(13)19(27)12-24(14(2)26)17-8-5-7-16(11-17)20(21,22)23/h3-9,11,13H,10,12H2,1-2H3. The summed E-state index contributed by atoms with van der Waals surface area (Å²) in [5, 5.41) is 0. The molecule has 4 nitrogen and oxygen atoms in total. The third-order valence-corrected chi connectivity index (χ3v) is 4.63. The maximum absolute atomic E-state index is 13.0. The molecule has 1 aliphatic heterocycles. The van der Waals surface area contributed by atoms with Crippen molar-refractivity contribution in [3.8, 4) is 0 Å². The molecule has 0 bridgehead atoms. The minimum absolute atomic E-state index is 0.0470. The summed E-state index contributed by atoms with van der Waals surface area (Å²) in [6, 6.07) is 11.9. The first-order valence-corrected chi connectivity index (χ1v) is 8.54. The monoisotopic (exact) mass is 376 g/mol. The summed E-state index contributed by atoms with van der Waals surface area (Å²) in [6.07, 6.45) is -3.82. The molecule has 0 spiro atoms. The molecule has 1 atom stereocenters. The molecular formula is C20H19F3N2O2. The predicted molar refractivity (Wildman–Crippen MR) is 96.6 cm³/mol. The first kappa shape index (κ1) is 18.9. The highest BCUT2D eigenvalue weighted by Gasteiger charge is 2.33. The number of fused-ring (bicyclic) bond motifs is 1. The zero-order valence-electron chi connectivity index (χ0n) is 15.0. The number of nitrogens with zero attached hydrogens (tertiary/aromatic N) is 2. The maximum atomic E-state index is 13.0. The minimum atomic E-state index is -4.52. The van der Waals surface area contributed by atoms with E-state index < -0.39 is 17.6 Å². The molecule has 7 heteroatoms. The van der Waals surface area contributed by atoms with E-state index in [1.165, 1.54) is 19.1 Å². The molecule has 142 valence electrons. The molecule has 1 unspecified atom stereocenters. The Morgan fingerprint density at radius 3 is 2.52 bits per heavy atom. The first-order valence-electron chi connectivity index (χ1n) is 8.54. The average molecular weight is 376 g/mol. The lowest BCUT2D eigenvalue weighted by atomic mass is 10.1. The number of hydrogen-bond acceptors (Lipinski definition) is 2. The van der Waals surface area contributed by atoms with Gasteiger partial charge in [0.05, 0.1) is 5.56 Å². The summed E-state index contributed by atoms with van der Waals surface area (Å²) in [5.74, 6) is -0.831. The molecule has 1 heterocycles. The first-order chi connectivity index (χ1) is 12.7. The van der Waals surface area contributed by atoms with Crippen molar-refractivity contribution in [3.05, 3.63) is 59.7 Å². The van der Waals surface area contributed by atoms with Gasteiger partial charge in [-0.2, -0.15) is 13.2 Å². The van der Waals surface area contributed by atoms with Gasteiger partial charge in [-0.3, -0.25) is 9.59 Å². The van der Waals surface area contributed by atoms with Crippen molar-refractivity contribution in [2.24, 2.45) is 0 Å². The number of halogens is 3. The molecule has 0 fully saturated rings. The molecule has 0 N–H and O–H groups in total. The van der Waals surface area contributed by atoms with Gasteiger partial charge in [-0.15, -0.1) is 0 Å². The van der Waals surface area contributed by atoms with Crippen molar-refractivity contribution in [1.29, 1.82) is 0 Å². The Labute approximate surface area is 155 Å². The van der Waals surface area contributed by atoms with Crippen LogP contribution in [-0.4, -0.2) is 24.4 Å². The van der Waals surface area contributed by atoms with E-state index >= 15 is 0 Å². The van der Waals surface area contributed by atoms with E-state index in [9.17, 15) is 22.8 Å². The summed E-state index contributed by atoms with van der Waals surface area (Å²) >= 11 is 0. The fraction of sp³-hybridized carbons (Fsp3) is 0.300. The van der Waals surface area contributed by atoms with Gasteiger partial charge in [0.15, 0.2) is 0 Å². The third-order valence-electron chi connectivity index (χ3n) is 4.63. The summed E-state index contributed by atoms with van der Waals surface area (Å²) in [5.41, 5.74) is 0.999. The van der Waals surface area contributed by atoms with Crippen LogP contribution in [0.2, 0.25) is 0 Å². The number of benzene rings is 2. The summed E-state index contributed by atoms with van der Waals surface area (Å²) in [7, 11) is 0. The summed E-state index contributed by atoms with van der Waals surface area (Å²) in [6.45, 7) is 2.81. The van der Waals surface area contributed by atoms with Crippen LogP contribution in [0.5, 0.6) is 0 Å². The van der Waals surface area contributed by atoms with Gasteiger partial charge >= 0.3 is 6.18 Å². The molecule has 27 heavy (non-hydrogen) atoms. The molecule has 0 radical (unpaired) electrons. The van der Waals surface area contributed by atoms with Crippen molar-refractivity contribution in [3.63, 3.8) is 0 Å². The zero-order valence-corrected chi connectivity index (χ0v) is 15.0. The van der Waals surface area contributed by atoms with Gasteiger partial charge in [-0.1, -0.05) is 24.3 Å². The van der Waals surface area contributed by atoms with Gasteiger partial charge in [0.1, 0.15) is 6.54 Å². The van der Waals surface area contributed by atoms with E-state index in [-0.39, 0.29) is 24.2 Å². The normalized spacial score (nSPS) is 16.2. The predicted octanol–water partition coefficient (Wildman–Crippen LogP) is 4.04. The van der Waals surface area contributed by atoms with Crippen molar-refractivity contribution in [1.82, 2.24) is 0 Å². The Hall–Kier alpha value is -2.83. The number of amides is 2. The number of rotatable bonds is 3. The SMILES string of the molecule is CC(=O)N(CC(=O)N1c2ccccc2CC1C)c1cccc(C(F)(F)F)c1. The molecule has 3 rings (SSSR count). The van der Waals surface area contributed by atoms with Crippen LogP contribution in [0.4, 0.5) is 24.5 Å². The van der Waals surface area contributed by atoms with Crippen molar-refractivity contribution in [2.45, 2.75) is 32.5 Å². The van der Waals surface area contributed by atoms with Gasteiger partial charge in [0.25, 0.3) is 0 Å². The maximum Gasteiger partial charge on any atom is 0.416 e. The van der Waals surface area contributed by atoms with E-state index in [0.29, 0.717) is 6.42 Å². The van der Waals surface area contributed by atoms with Gasteiger partial charge in [0, 0.05) is 24.3 Å². The summed E-state index contributed by atoms with van der Waals surface area (Å²) < 4.78 is 38.9. The molecule has 2 amide bonds. The zero-order chi connectivity index (χ0) is 19.8. The van der Waals surface area contributed by atoms with E-state index in [1.54, 1.807) is 4.90 Å². The lowest BCUT2D eigenvalue weighted by molar-refractivity contribution is -0.137. The summed E-state index contributed by atoms with van der Waals surface area (Å²) in [4.78, 5) is 27.6. The second kappa shape index (κ2) is 7.06. The smallest absolute Gasteiger partial charge is 0.307 e. The minimum Gasteiger partial charge on any atom is -0.307 e. The van der Waals surface area contributed by atoms with Gasteiger partial charge < -0.3 is 9.80 Å². The molecule has 2 aromatic carbocycles. The van der Waals surface area contributed by atoms with Crippen LogP contribution in [0.25, 0.3) is 0 Å². The Balaban J connectivity index is 1.88. The molecule has 0 aliphatic carbocycles. The molecule has 0 saturated carbocycles. The van der Waals surface area contributed by atoms with Gasteiger partial charge in [-0.25, -0.2) is 0 Å². The lowest BCUT2D eigenvalue weighted by Crippen LogP contribution is -2.44. The Bertz CT molecular complexity index is 880. The largest absolute Gasteiger partial charge is 0.416 e. The topological polar surface area (TPSA) is 40.6 Å². The van der Waals surface area contributed by atoms with Crippen LogP contribution in [0, 0.1) is 0 Å². The van der Waals surface area contributed by atoms with Crippen molar-refractivity contribution < 1.29 is 22.8 Å². The highest BCUT2D eigenvalue weighted by atomic mass is 19.4. The number of carbonyl (C=O) groups excluding carboxylic acids is 2. The Morgan fingerprint density at radius 2 is 1.85 bits per heavy atom. The number of hydrogen-bond donors (Lipinski definition) is 0. The van der Waals surface area contributed by atoms with Crippen LogP contribution in [-0.2, 0) is 22.2 Å². The Morgan fingerprint density at radius 1 is 1.15 bits per heavy atom. The average Bonchev–Trinajstić information content (AvgIpc) is 2.94. The van der Waals surface area contributed by atoms with E-state index in [4.69, 9.17) is 0 Å². The van der Waals surface area contributed by atoms with Crippen molar-refractivity contribution >= 4 is 23.2 Å². The van der Waals surface area contributed by atoms with Crippen LogP contribution in [0.15, 0.2) is 48.5 Å².